The highest BCUT2D eigenvalue weighted by atomic mass is 32.2. The fraction of sp³-hybridized carbons (Fsp3) is 0.583. The van der Waals surface area contributed by atoms with Crippen molar-refractivity contribution in [2.45, 2.75) is 31.3 Å². The van der Waals surface area contributed by atoms with Gasteiger partial charge in [0.2, 0.25) is 0 Å². The van der Waals surface area contributed by atoms with Gasteiger partial charge in [-0.05, 0) is 31.4 Å². The van der Waals surface area contributed by atoms with Gasteiger partial charge in [-0.25, -0.2) is 8.42 Å². The second-order valence-electron chi connectivity index (χ2n) is 5.30. The van der Waals surface area contributed by atoms with Gasteiger partial charge >= 0.3 is 0 Å². The molecule has 2 aliphatic rings. The monoisotopic (exact) mass is 296 g/mol. The fourth-order valence-corrected chi connectivity index (χ4v) is 3.81. The van der Waals surface area contributed by atoms with Crippen molar-refractivity contribution in [3.63, 3.8) is 0 Å². The van der Waals surface area contributed by atoms with Crippen LogP contribution < -0.4 is 10.6 Å². The molecule has 2 heterocycles. The predicted octanol–water partition coefficient (Wildman–Crippen LogP) is -0.0322. The Labute approximate surface area is 117 Å². The van der Waals surface area contributed by atoms with E-state index in [1.807, 2.05) is 0 Å². The minimum absolute atomic E-state index is 0.00743. The molecule has 0 aromatic carbocycles. The van der Waals surface area contributed by atoms with E-state index < -0.39 is 9.84 Å². The van der Waals surface area contributed by atoms with Crippen LogP contribution in [0.5, 0.6) is 0 Å². The molecule has 20 heavy (non-hydrogen) atoms. The van der Waals surface area contributed by atoms with Crippen molar-refractivity contribution in [2.24, 2.45) is 0 Å². The van der Waals surface area contributed by atoms with Crippen LogP contribution >= 0.6 is 0 Å². The summed E-state index contributed by atoms with van der Waals surface area (Å²) in [5, 5.41) is 13.7. The van der Waals surface area contributed by atoms with E-state index in [-0.39, 0.29) is 29.1 Å². The summed E-state index contributed by atoms with van der Waals surface area (Å²) in [6.07, 6.45) is 2.74. The summed E-state index contributed by atoms with van der Waals surface area (Å²) >= 11 is 0. The third kappa shape index (κ3) is 3.24. The van der Waals surface area contributed by atoms with Gasteiger partial charge in [-0.2, -0.15) is 0 Å². The lowest BCUT2D eigenvalue weighted by molar-refractivity contribution is 0.0935. The van der Waals surface area contributed by atoms with Crippen molar-refractivity contribution in [1.29, 1.82) is 0 Å². The first-order chi connectivity index (χ1) is 9.52. The van der Waals surface area contributed by atoms with Gasteiger partial charge in [0.05, 0.1) is 11.5 Å². The zero-order valence-electron chi connectivity index (χ0n) is 10.9. The predicted molar refractivity (Wildman–Crippen MR) is 73.2 cm³/mol. The van der Waals surface area contributed by atoms with Crippen LogP contribution in [0.25, 0.3) is 0 Å². The molecule has 1 unspecified atom stereocenters. The van der Waals surface area contributed by atoms with Crippen LogP contribution in [0.3, 0.4) is 0 Å². The maximum Gasteiger partial charge on any atom is 0.272 e. The molecule has 2 fully saturated rings. The van der Waals surface area contributed by atoms with Crippen molar-refractivity contribution >= 4 is 21.6 Å². The Morgan fingerprint density at radius 2 is 1.95 bits per heavy atom. The lowest BCUT2D eigenvalue weighted by atomic mass is 10.2. The van der Waals surface area contributed by atoms with Crippen LogP contribution in [-0.4, -0.2) is 48.1 Å². The Morgan fingerprint density at radius 3 is 2.50 bits per heavy atom. The van der Waals surface area contributed by atoms with Crippen LogP contribution in [0.4, 0.5) is 5.82 Å². The molecule has 8 heteroatoms. The highest BCUT2D eigenvalue weighted by Crippen LogP contribution is 2.23. The number of aromatic nitrogens is 2. The summed E-state index contributed by atoms with van der Waals surface area (Å²) in [6, 6.07) is 3.47. The van der Waals surface area contributed by atoms with Crippen LogP contribution in [0.1, 0.15) is 29.8 Å². The summed E-state index contributed by atoms with van der Waals surface area (Å²) < 4.78 is 22.6. The molecule has 1 saturated carbocycles. The molecule has 2 N–H and O–H groups in total. The first-order valence-corrected chi connectivity index (χ1v) is 8.45. The van der Waals surface area contributed by atoms with Gasteiger partial charge in [0.1, 0.15) is 5.82 Å². The number of carbonyl (C=O) groups excluding carboxylic acids is 1. The molecule has 1 aliphatic carbocycles. The summed E-state index contributed by atoms with van der Waals surface area (Å²) in [7, 11) is -3.00. The van der Waals surface area contributed by atoms with Crippen LogP contribution in [0.15, 0.2) is 12.1 Å². The van der Waals surface area contributed by atoms with E-state index in [0.717, 1.165) is 12.8 Å². The number of rotatable bonds is 4. The SMILES string of the molecule is O=C(NC1CCS(=O)(=O)C1)c1ccc(NC2CC2)nn1. The first kappa shape index (κ1) is 13.3. The van der Waals surface area contributed by atoms with Gasteiger partial charge in [0.25, 0.3) is 5.91 Å². The van der Waals surface area contributed by atoms with E-state index in [9.17, 15) is 13.2 Å². The van der Waals surface area contributed by atoms with Crippen LogP contribution in [0, 0.1) is 0 Å². The number of anilines is 1. The highest BCUT2D eigenvalue weighted by Gasteiger charge is 2.29. The molecule has 1 amide bonds. The van der Waals surface area contributed by atoms with Crippen LogP contribution in [0.2, 0.25) is 0 Å². The van der Waals surface area contributed by atoms with Crippen molar-refractivity contribution in [2.75, 3.05) is 16.8 Å². The molecule has 0 spiro atoms. The van der Waals surface area contributed by atoms with E-state index in [0.29, 0.717) is 18.3 Å². The largest absolute Gasteiger partial charge is 0.366 e. The molecular weight excluding hydrogens is 280 g/mol. The molecular formula is C12H16N4O3S. The highest BCUT2D eigenvalue weighted by molar-refractivity contribution is 7.91. The number of nitrogens with zero attached hydrogens (tertiary/aromatic N) is 2. The maximum absolute atomic E-state index is 11.9. The number of carbonyl (C=O) groups is 1. The lowest BCUT2D eigenvalue weighted by Crippen LogP contribution is -2.36. The van der Waals surface area contributed by atoms with Crippen molar-refractivity contribution in [1.82, 2.24) is 15.5 Å². The molecule has 1 aromatic rings. The molecule has 1 aliphatic heterocycles. The van der Waals surface area contributed by atoms with Gasteiger partial charge in [0.15, 0.2) is 15.5 Å². The second kappa shape index (κ2) is 5.01. The number of hydrogen-bond acceptors (Lipinski definition) is 6. The van der Waals surface area contributed by atoms with E-state index in [4.69, 9.17) is 0 Å². The Kier molecular flexibility index (Phi) is 3.33. The van der Waals surface area contributed by atoms with Crippen molar-refractivity contribution in [3.8, 4) is 0 Å². The quantitative estimate of drug-likeness (QED) is 0.809. The van der Waals surface area contributed by atoms with Crippen molar-refractivity contribution < 1.29 is 13.2 Å². The second-order valence-corrected chi connectivity index (χ2v) is 7.52. The Balaban J connectivity index is 1.59. The summed E-state index contributed by atoms with van der Waals surface area (Å²) in [6.45, 7) is 0. The Bertz CT molecular complexity index is 610. The molecule has 0 bridgehead atoms. The average molecular weight is 296 g/mol. The molecule has 7 nitrogen and oxygen atoms in total. The normalized spacial score (nSPS) is 24.3. The van der Waals surface area contributed by atoms with Crippen LogP contribution in [-0.2, 0) is 9.84 Å². The van der Waals surface area contributed by atoms with Gasteiger partial charge in [-0.3, -0.25) is 4.79 Å². The Hall–Kier alpha value is -1.70. The van der Waals surface area contributed by atoms with E-state index in [2.05, 4.69) is 20.8 Å². The summed E-state index contributed by atoms with van der Waals surface area (Å²) in [5.74, 6) is 0.423. The van der Waals surface area contributed by atoms with Gasteiger partial charge in [0, 0.05) is 12.1 Å². The molecule has 1 aromatic heterocycles. The van der Waals surface area contributed by atoms with E-state index in [1.54, 1.807) is 12.1 Å². The number of sulfone groups is 1. The van der Waals surface area contributed by atoms with Gasteiger partial charge in [-0.15, -0.1) is 10.2 Å². The lowest BCUT2D eigenvalue weighted by Gasteiger charge is -2.10. The van der Waals surface area contributed by atoms with Crippen molar-refractivity contribution in [3.05, 3.63) is 17.8 Å². The smallest absolute Gasteiger partial charge is 0.272 e. The third-order valence-electron chi connectivity index (χ3n) is 3.39. The number of nitrogens with one attached hydrogen (secondary N) is 2. The molecule has 1 saturated heterocycles. The topological polar surface area (TPSA) is 101 Å². The average Bonchev–Trinajstić information content (AvgIpc) is 3.14. The molecule has 0 radical (unpaired) electrons. The molecule has 108 valence electrons. The summed E-state index contributed by atoms with van der Waals surface area (Å²) in [5.41, 5.74) is 0.204. The standard InChI is InChI=1S/C12H16N4O3S/c17-12(14-9-5-6-20(18,19)7-9)10-3-4-11(16-15-10)13-8-1-2-8/h3-4,8-9H,1-2,5-7H2,(H,13,16)(H,14,17). The fourth-order valence-electron chi connectivity index (χ4n) is 2.14. The minimum atomic E-state index is -3.00. The van der Waals surface area contributed by atoms with Gasteiger partial charge < -0.3 is 10.6 Å². The zero-order chi connectivity index (χ0) is 14.2. The van der Waals surface area contributed by atoms with Gasteiger partial charge in [-0.1, -0.05) is 0 Å². The molecule has 3 rings (SSSR count). The molecule has 1 atom stereocenters. The van der Waals surface area contributed by atoms with E-state index >= 15 is 0 Å². The number of amides is 1. The number of hydrogen-bond donors (Lipinski definition) is 2. The first-order valence-electron chi connectivity index (χ1n) is 6.63. The zero-order valence-corrected chi connectivity index (χ0v) is 11.7. The summed E-state index contributed by atoms with van der Waals surface area (Å²) in [4.78, 5) is 11.9. The maximum atomic E-state index is 11.9. The Morgan fingerprint density at radius 1 is 1.15 bits per heavy atom. The van der Waals surface area contributed by atoms with E-state index in [1.165, 1.54) is 0 Å². The minimum Gasteiger partial charge on any atom is -0.366 e. The third-order valence-corrected chi connectivity index (χ3v) is 5.16.